The molecule has 2 aromatic rings. The second kappa shape index (κ2) is 9.90. The summed E-state index contributed by atoms with van der Waals surface area (Å²) >= 11 is 5.80. The fraction of sp³-hybridized carbons (Fsp3) is 0.286. The minimum absolute atomic E-state index is 0.0296. The maximum atomic E-state index is 12.1. The molecule has 2 N–H and O–H groups in total. The first-order valence-electron chi connectivity index (χ1n) is 8.84. The maximum absolute atomic E-state index is 12.1. The summed E-state index contributed by atoms with van der Waals surface area (Å²) in [6.45, 7) is 5.02. The highest BCUT2D eigenvalue weighted by Gasteiger charge is 2.19. The van der Waals surface area contributed by atoms with E-state index in [1.165, 1.54) is 6.92 Å². The number of ether oxygens (including phenoxy) is 1. The molecule has 2 amide bonds. The van der Waals surface area contributed by atoms with E-state index in [1.807, 2.05) is 32.0 Å². The summed E-state index contributed by atoms with van der Waals surface area (Å²) in [5.74, 6) is -1.43. The number of aryl methyl sites for hydroxylation is 2. The number of carbonyl (C=O) groups excluding carboxylic acids is 3. The van der Waals surface area contributed by atoms with E-state index in [9.17, 15) is 14.4 Å². The lowest BCUT2D eigenvalue weighted by Gasteiger charge is -2.15. The molecule has 0 aromatic heterocycles. The van der Waals surface area contributed by atoms with E-state index >= 15 is 0 Å². The molecule has 0 radical (unpaired) electrons. The molecule has 0 heterocycles. The number of hydrogen-bond acceptors (Lipinski definition) is 4. The second-order valence-corrected chi connectivity index (χ2v) is 6.90. The molecular formula is C21H23ClN2O4. The third kappa shape index (κ3) is 6.39. The smallest absolute Gasteiger partial charge is 0.311 e. The number of benzene rings is 2. The molecule has 0 aliphatic heterocycles. The summed E-state index contributed by atoms with van der Waals surface area (Å²) < 4.78 is 5.12. The molecule has 6 nitrogen and oxygen atoms in total. The van der Waals surface area contributed by atoms with Gasteiger partial charge in [0, 0.05) is 10.7 Å². The molecule has 0 spiro atoms. The summed E-state index contributed by atoms with van der Waals surface area (Å²) in [7, 11) is 0. The molecule has 1 atom stereocenters. The van der Waals surface area contributed by atoms with Crippen molar-refractivity contribution in [3.05, 3.63) is 64.2 Å². The number of hydrogen-bond donors (Lipinski definition) is 2. The van der Waals surface area contributed by atoms with Crippen LogP contribution in [0.5, 0.6) is 0 Å². The van der Waals surface area contributed by atoms with Crippen LogP contribution in [0.3, 0.4) is 0 Å². The van der Waals surface area contributed by atoms with Crippen LogP contribution in [-0.2, 0) is 25.5 Å². The van der Waals surface area contributed by atoms with Crippen LogP contribution in [-0.4, -0.2) is 30.4 Å². The zero-order valence-corrected chi connectivity index (χ0v) is 16.8. The third-order valence-electron chi connectivity index (χ3n) is 4.11. The van der Waals surface area contributed by atoms with Gasteiger partial charge >= 0.3 is 5.97 Å². The van der Waals surface area contributed by atoms with Gasteiger partial charge in [-0.05, 0) is 49.6 Å². The Bertz CT molecular complexity index is 845. The molecule has 0 aliphatic carbocycles. The van der Waals surface area contributed by atoms with Crippen molar-refractivity contribution in [2.45, 2.75) is 33.3 Å². The zero-order valence-electron chi connectivity index (χ0n) is 16.0. The summed E-state index contributed by atoms with van der Waals surface area (Å²) in [5.41, 5.74) is 3.33. The van der Waals surface area contributed by atoms with Gasteiger partial charge in [-0.15, -0.1) is 0 Å². The zero-order chi connectivity index (χ0) is 20.7. The van der Waals surface area contributed by atoms with Crippen LogP contribution < -0.4 is 10.6 Å². The van der Waals surface area contributed by atoms with E-state index < -0.39 is 18.0 Å². The molecule has 0 aliphatic rings. The average Bonchev–Trinajstić information content (AvgIpc) is 2.64. The Morgan fingerprint density at radius 2 is 1.64 bits per heavy atom. The van der Waals surface area contributed by atoms with Crippen LogP contribution in [0, 0.1) is 13.8 Å². The van der Waals surface area contributed by atoms with E-state index in [1.54, 1.807) is 24.3 Å². The van der Waals surface area contributed by atoms with Gasteiger partial charge in [0.2, 0.25) is 5.91 Å². The van der Waals surface area contributed by atoms with Crippen molar-refractivity contribution < 1.29 is 19.1 Å². The first-order chi connectivity index (χ1) is 13.3. The van der Waals surface area contributed by atoms with Gasteiger partial charge in [-0.25, -0.2) is 0 Å². The number of nitrogens with one attached hydrogen (secondary N) is 2. The lowest BCUT2D eigenvalue weighted by molar-refractivity contribution is -0.154. The molecule has 0 bridgehead atoms. The number of esters is 1. The van der Waals surface area contributed by atoms with E-state index in [2.05, 4.69) is 10.6 Å². The number of anilines is 1. The molecule has 2 aromatic carbocycles. The maximum Gasteiger partial charge on any atom is 0.311 e. The number of halogens is 1. The molecule has 0 saturated heterocycles. The van der Waals surface area contributed by atoms with Gasteiger partial charge in [-0.2, -0.15) is 0 Å². The van der Waals surface area contributed by atoms with Crippen LogP contribution in [0.4, 0.5) is 5.69 Å². The topological polar surface area (TPSA) is 84.5 Å². The van der Waals surface area contributed by atoms with Crippen molar-refractivity contribution in [2.24, 2.45) is 0 Å². The molecule has 0 fully saturated rings. The monoisotopic (exact) mass is 402 g/mol. The predicted octanol–water partition coefficient (Wildman–Crippen LogP) is 3.19. The van der Waals surface area contributed by atoms with Crippen LogP contribution in [0.15, 0.2) is 42.5 Å². The number of amides is 2. The van der Waals surface area contributed by atoms with Crippen molar-refractivity contribution in [1.29, 1.82) is 0 Å². The Kier molecular flexibility index (Phi) is 7.58. The van der Waals surface area contributed by atoms with Gasteiger partial charge < -0.3 is 15.4 Å². The van der Waals surface area contributed by atoms with Crippen LogP contribution in [0.1, 0.15) is 23.6 Å². The Morgan fingerprint density at radius 1 is 1.04 bits per heavy atom. The minimum atomic E-state index is -1.01. The fourth-order valence-corrected chi connectivity index (χ4v) is 2.69. The molecular weight excluding hydrogens is 380 g/mol. The molecule has 148 valence electrons. The standard InChI is InChI=1S/C21H23ClN2O4/c1-13-5-4-6-14(2)20(13)24-18(25)12-23-21(27)15(3)28-19(26)11-16-7-9-17(22)10-8-16/h4-10,15H,11-12H2,1-3H3,(H,23,27)(H,24,25). The largest absolute Gasteiger partial charge is 0.452 e. The Labute approximate surface area is 169 Å². The van der Waals surface area contributed by atoms with Gasteiger partial charge in [0.05, 0.1) is 13.0 Å². The number of para-hydroxylation sites is 1. The number of carbonyl (C=O) groups is 3. The highest BCUT2D eigenvalue weighted by atomic mass is 35.5. The molecule has 2 rings (SSSR count). The first kappa shape index (κ1) is 21.4. The van der Waals surface area contributed by atoms with Crippen molar-refractivity contribution in [3.63, 3.8) is 0 Å². The Morgan fingerprint density at radius 3 is 2.25 bits per heavy atom. The van der Waals surface area contributed by atoms with E-state index in [-0.39, 0.29) is 18.9 Å². The summed E-state index contributed by atoms with van der Waals surface area (Å²) in [5, 5.41) is 5.82. The van der Waals surface area contributed by atoms with E-state index in [4.69, 9.17) is 16.3 Å². The second-order valence-electron chi connectivity index (χ2n) is 6.47. The first-order valence-corrected chi connectivity index (χ1v) is 9.21. The van der Waals surface area contributed by atoms with Gasteiger partial charge in [-0.1, -0.05) is 41.9 Å². The lowest BCUT2D eigenvalue weighted by Crippen LogP contribution is -2.40. The summed E-state index contributed by atoms with van der Waals surface area (Å²) in [6.07, 6.45) is -0.977. The van der Waals surface area contributed by atoms with Gasteiger partial charge in [-0.3, -0.25) is 14.4 Å². The minimum Gasteiger partial charge on any atom is -0.452 e. The Balaban J connectivity index is 1.79. The SMILES string of the molecule is Cc1cccc(C)c1NC(=O)CNC(=O)C(C)OC(=O)Cc1ccc(Cl)cc1. The fourth-order valence-electron chi connectivity index (χ4n) is 2.57. The van der Waals surface area contributed by atoms with Crippen molar-refractivity contribution in [2.75, 3.05) is 11.9 Å². The molecule has 0 saturated carbocycles. The summed E-state index contributed by atoms with van der Waals surface area (Å²) in [6, 6.07) is 12.5. The van der Waals surface area contributed by atoms with Gasteiger partial charge in [0.1, 0.15) is 0 Å². The molecule has 28 heavy (non-hydrogen) atoms. The predicted molar refractivity (Wildman–Crippen MR) is 108 cm³/mol. The third-order valence-corrected chi connectivity index (χ3v) is 4.36. The van der Waals surface area contributed by atoms with E-state index in [0.29, 0.717) is 5.02 Å². The highest BCUT2D eigenvalue weighted by molar-refractivity contribution is 6.30. The van der Waals surface area contributed by atoms with Crippen molar-refractivity contribution in [1.82, 2.24) is 5.32 Å². The highest BCUT2D eigenvalue weighted by Crippen LogP contribution is 2.19. The Hall–Kier alpha value is -2.86. The van der Waals surface area contributed by atoms with Crippen LogP contribution in [0.25, 0.3) is 0 Å². The summed E-state index contributed by atoms with van der Waals surface area (Å²) in [4.78, 5) is 36.1. The molecule has 1 unspecified atom stereocenters. The molecule has 7 heteroatoms. The van der Waals surface area contributed by atoms with E-state index in [0.717, 1.165) is 22.4 Å². The lowest BCUT2D eigenvalue weighted by atomic mass is 10.1. The van der Waals surface area contributed by atoms with Crippen molar-refractivity contribution >= 4 is 35.1 Å². The average molecular weight is 403 g/mol. The van der Waals surface area contributed by atoms with Gasteiger partial charge in [0.25, 0.3) is 5.91 Å². The van der Waals surface area contributed by atoms with Crippen molar-refractivity contribution in [3.8, 4) is 0 Å². The van der Waals surface area contributed by atoms with Gasteiger partial charge in [0.15, 0.2) is 6.10 Å². The van der Waals surface area contributed by atoms with Crippen LogP contribution >= 0.6 is 11.6 Å². The quantitative estimate of drug-likeness (QED) is 0.696. The van der Waals surface area contributed by atoms with Crippen LogP contribution in [0.2, 0.25) is 5.02 Å². The number of rotatable bonds is 7. The normalized spacial score (nSPS) is 11.4.